The van der Waals surface area contributed by atoms with E-state index in [0.717, 1.165) is 17.5 Å². The van der Waals surface area contributed by atoms with Gasteiger partial charge >= 0.3 is 5.97 Å². The zero-order chi connectivity index (χ0) is 22.4. The number of carbonyl (C=O) groups is 3. The van der Waals surface area contributed by atoms with Crippen molar-refractivity contribution in [1.82, 2.24) is 5.32 Å². The maximum Gasteiger partial charge on any atom is 0.344 e. The summed E-state index contributed by atoms with van der Waals surface area (Å²) in [6.45, 7) is 4.53. The van der Waals surface area contributed by atoms with Gasteiger partial charge in [0, 0.05) is 12.0 Å². The summed E-state index contributed by atoms with van der Waals surface area (Å²) in [7, 11) is 0. The summed E-state index contributed by atoms with van der Waals surface area (Å²) in [5.74, 6) is -0.317. The van der Waals surface area contributed by atoms with Gasteiger partial charge in [-0.05, 0) is 38.8 Å². The lowest BCUT2D eigenvalue weighted by atomic mass is 10.0. The van der Waals surface area contributed by atoms with Gasteiger partial charge < -0.3 is 19.5 Å². The molecule has 1 N–H and O–H groups in total. The molecule has 1 heterocycles. The molecule has 1 amide bonds. The molecule has 1 aliphatic heterocycles. The van der Waals surface area contributed by atoms with Crippen LogP contribution < -0.4 is 14.8 Å². The van der Waals surface area contributed by atoms with E-state index in [9.17, 15) is 14.4 Å². The van der Waals surface area contributed by atoms with Crippen LogP contribution in [-0.2, 0) is 32.0 Å². The summed E-state index contributed by atoms with van der Waals surface area (Å²) in [5.41, 5.74) is 1.62. The first kappa shape index (κ1) is 22.3. The van der Waals surface area contributed by atoms with Crippen LogP contribution in [0.15, 0.2) is 48.5 Å². The summed E-state index contributed by atoms with van der Waals surface area (Å²) in [5, 5.41) is 2.61. The van der Waals surface area contributed by atoms with E-state index in [1.54, 1.807) is 6.07 Å². The van der Waals surface area contributed by atoms with Gasteiger partial charge in [-0.15, -0.1) is 0 Å². The van der Waals surface area contributed by atoms with Crippen molar-refractivity contribution in [1.29, 1.82) is 0 Å². The average Bonchev–Trinajstić information content (AvgIpc) is 3.05. The quantitative estimate of drug-likeness (QED) is 0.621. The number of Topliss-reactive ketones (excluding diaryl/α,β-unsaturated/α-hetero) is 1. The maximum atomic E-state index is 12.2. The van der Waals surface area contributed by atoms with E-state index in [-0.39, 0.29) is 18.0 Å². The Kier molecular flexibility index (Phi) is 6.95. The zero-order valence-corrected chi connectivity index (χ0v) is 18.0. The normalized spacial score (nSPS) is 14.7. The summed E-state index contributed by atoms with van der Waals surface area (Å²) >= 11 is 0. The minimum absolute atomic E-state index is 0.173. The highest BCUT2D eigenvalue weighted by Gasteiger charge is 2.32. The van der Waals surface area contributed by atoms with E-state index in [1.807, 2.05) is 56.3 Å². The summed E-state index contributed by atoms with van der Waals surface area (Å²) in [6, 6.07) is 14.2. The van der Waals surface area contributed by atoms with Gasteiger partial charge in [0.05, 0.1) is 6.04 Å². The van der Waals surface area contributed by atoms with Crippen molar-refractivity contribution in [2.24, 2.45) is 0 Å². The third kappa shape index (κ3) is 6.31. The third-order valence-corrected chi connectivity index (χ3v) is 4.87. The zero-order valence-electron chi connectivity index (χ0n) is 18.0. The number of fused-ring (bicyclic) bond motifs is 1. The van der Waals surface area contributed by atoms with Gasteiger partial charge in [-0.3, -0.25) is 9.59 Å². The predicted molar refractivity (Wildman–Crippen MR) is 114 cm³/mol. The van der Waals surface area contributed by atoms with Crippen LogP contribution in [0.1, 0.15) is 31.9 Å². The van der Waals surface area contributed by atoms with Gasteiger partial charge in [0.15, 0.2) is 30.5 Å². The molecule has 3 rings (SSSR count). The van der Waals surface area contributed by atoms with Crippen molar-refractivity contribution in [3.8, 4) is 11.5 Å². The molecule has 0 unspecified atom stereocenters. The van der Waals surface area contributed by atoms with E-state index >= 15 is 0 Å². The maximum absolute atomic E-state index is 12.2. The number of carbonyl (C=O) groups excluding carboxylic acids is 3. The summed E-state index contributed by atoms with van der Waals surface area (Å²) < 4.78 is 16.4. The van der Waals surface area contributed by atoms with Crippen LogP contribution in [0.2, 0.25) is 0 Å². The Morgan fingerprint density at radius 3 is 2.52 bits per heavy atom. The number of benzene rings is 2. The molecule has 7 nitrogen and oxygen atoms in total. The van der Waals surface area contributed by atoms with Gasteiger partial charge in [-0.1, -0.05) is 42.5 Å². The molecule has 0 spiro atoms. The smallest absolute Gasteiger partial charge is 0.344 e. The summed E-state index contributed by atoms with van der Waals surface area (Å²) in [4.78, 5) is 36.0. The number of nitrogens with one attached hydrogen (secondary N) is 1. The molecule has 0 aromatic heterocycles. The number of hydrogen-bond donors (Lipinski definition) is 1. The number of rotatable bonds is 9. The molecule has 0 saturated heterocycles. The Bertz CT molecular complexity index is 954. The molecule has 31 heavy (non-hydrogen) atoms. The van der Waals surface area contributed by atoms with E-state index in [2.05, 4.69) is 5.32 Å². The molecule has 164 valence electrons. The van der Waals surface area contributed by atoms with Crippen molar-refractivity contribution < 1.29 is 28.6 Å². The second kappa shape index (κ2) is 9.64. The van der Waals surface area contributed by atoms with Gasteiger partial charge in [-0.2, -0.15) is 0 Å². The van der Waals surface area contributed by atoms with Crippen LogP contribution in [0.4, 0.5) is 0 Å². The first-order chi connectivity index (χ1) is 14.7. The average molecular weight is 425 g/mol. The predicted octanol–water partition coefficient (Wildman–Crippen LogP) is 2.64. The first-order valence-corrected chi connectivity index (χ1v) is 10.2. The fraction of sp³-hybridized carbons (Fsp3) is 0.375. The molecule has 0 bridgehead atoms. The number of esters is 1. The molecule has 1 atom stereocenters. The Morgan fingerprint density at radius 1 is 1.06 bits per heavy atom. The molecular weight excluding hydrogens is 398 g/mol. The van der Waals surface area contributed by atoms with E-state index in [4.69, 9.17) is 14.2 Å². The molecule has 2 aromatic carbocycles. The van der Waals surface area contributed by atoms with Crippen LogP contribution in [0.25, 0.3) is 0 Å². The molecule has 7 heteroatoms. The Morgan fingerprint density at radius 2 is 1.81 bits per heavy atom. The minimum atomic E-state index is -0.688. The van der Waals surface area contributed by atoms with Crippen LogP contribution in [0.3, 0.4) is 0 Å². The third-order valence-electron chi connectivity index (χ3n) is 4.87. The molecule has 0 aliphatic carbocycles. The van der Waals surface area contributed by atoms with E-state index in [0.29, 0.717) is 17.9 Å². The SMILES string of the molecule is CC(=O)[C@H](Cc1ccccc1)NC(=O)COC(=O)COc1cccc2c1OC(C)(C)C2. The largest absolute Gasteiger partial charge is 0.483 e. The highest BCUT2D eigenvalue weighted by molar-refractivity contribution is 5.88. The monoisotopic (exact) mass is 425 g/mol. The van der Waals surface area contributed by atoms with Crippen molar-refractivity contribution >= 4 is 17.7 Å². The number of ketones is 1. The number of ether oxygens (including phenoxy) is 3. The highest BCUT2D eigenvalue weighted by atomic mass is 16.6. The van der Waals surface area contributed by atoms with Crippen LogP contribution in [-0.4, -0.2) is 42.5 Å². The molecule has 0 radical (unpaired) electrons. The van der Waals surface area contributed by atoms with Gasteiger partial charge in [0.25, 0.3) is 5.91 Å². The van der Waals surface area contributed by atoms with Gasteiger partial charge in [0.1, 0.15) is 5.60 Å². The van der Waals surface area contributed by atoms with Crippen molar-refractivity contribution in [2.45, 2.75) is 45.3 Å². The highest BCUT2D eigenvalue weighted by Crippen LogP contribution is 2.41. The second-order valence-electron chi connectivity index (χ2n) is 8.15. The van der Waals surface area contributed by atoms with Gasteiger partial charge in [0.2, 0.25) is 0 Å². The molecular formula is C24H27NO6. The lowest BCUT2D eigenvalue weighted by Crippen LogP contribution is -2.43. The molecule has 2 aromatic rings. The standard InChI is InChI=1S/C24H27NO6/c1-16(26)19(12-17-8-5-4-6-9-17)25-21(27)14-30-22(28)15-29-20-11-7-10-18-13-24(2,3)31-23(18)20/h4-11,19H,12-15H2,1-3H3,(H,25,27)/t19-/m0/s1. The van der Waals surface area contributed by atoms with Crippen LogP contribution in [0.5, 0.6) is 11.5 Å². The first-order valence-electron chi connectivity index (χ1n) is 10.2. The fourth-order valence-corrected chi connectivity index (χ4v) is 3.41. The van der Waals surface area contributed by atoms with Crippen LogP contribution >= 0.6 is 0 Å². The van der Waals surface area contributed by atoms with Crippen LogP contribution in [0, 0.1) is 0 Å². The summed E-state index contributed by atoms with van der Waals surface area (Å²) in [6.07, 6.45) is 1.12. The van der Waals surface area contributed by atoms with Crippen molar-refractivity contribution in [3.63, 3.8) is 0 Å². The Labute approximate surface area is 181 Å². The Hall–Kier alpha value is -3.35. The topological polar surface area (TPSA) is 90.9 Å². The fourth-order valence-electron chi connectivity index (χ4n) is 3.41. The number of amides is 1. The lowest BCUT2D eigenvalue weighted by Gasteiger charge is -2.18. The molecule has 0 fully saturated rings. The second-order valence-corrected chi connectivity index (χ2v) is 8.15. The number of hydrogen-bond acceptors (Lipinski definition) is 6. The molecule has 0 saturated carbocycles. The van der Waals surface area contributed by atoms with E-state index < -0.39 is 24.5 Å². The Balaban J connectivity index is 1.46. The van der Waals surface area contributed by atoms with Crippen molar-refractivity contribution in [2.75, 3.05) is 13.2 Å². The minimum Gasteiger partial charge on any atom is -0.483 e. The number of para-hydroxylation sites is 1. The molecule has 1 aliphatic rings. The van der Waals surface area contributed by atoms with Gasteiger partial charge in [-0.25, -0.2) is 4.79 Å². The van der Waals surface area contributed by atoms with E-state index in [1.165, 1.54) is 6.92 Å². The lowest BCUT2D eigenvalue weighted by molar-refractivity contribution is -0.150. The van der Waals surface area contributed by atoms with Crippen molar-refractivity contribution in [3.05, 3.63) is 59.7 Å².